The normalized spacial score (nSPS) is 12.3. The van der Waals surface area contributed by atoms with E-state index in [9.17, 15) is 4.21 Å². The summed E-state index contributed by atoms with van der Waals surface area (Å²) in [6.07, 6.45) is 1.72. The Labute approximate surface area is 138 Å². The highest BCUT2D eigenvalue weighted by atomic mass is 32.2. The van der Waals surface area contributed by atoms with Gasteiger partial charge < -0.3 is 4.90 Å². The van der Waals surface area contributed by atoms with Crippen LogP contribution in [0.5, 0.6) is 0 Å². The van der Waals surface area contributed by atoms with Crippen molar-refractivity contribution in [2.45, 2.75) is 17.6 Å². The minimum Gasteiger partial charge on any atom is -0.377 e. The molecule has 0 bridgehead atoms. The van der Waals surface area contributed by atoms with Crippen LogP contribution in [0.4, 0.5) is 5.69 Å². The van der Waals surface area contributed by atoms with Crippen molar-refractivity contribution in [2.24, 2.45) is 0 Å². The molecule has 2 aromatic carbocycles. The van der Waals surface area contributed by atoms with Crippen molar-refractivity contribution in [2.75, 3.05) is 19.0 Å². The van der Waals surface area contributed by atoms with E-state index in [2.05, 4.69) is 9.97 Å². The van der Waals surface area contributed by atoms with E-state index < -0.39 is 10.8 Å². The molecule has 0 aliphatic heterocycles. The van der Waals surface area contributed by atoms with Gasteiger partial charge in [0.15, 0.2) is 0 Å². The van der Waals surface area contributed by atoms with Crippen molar-refractivity contribution in [3.05, 3.63) is 59.9 Å². The third kappa shape index (κ3) is 3.24. The molecule has 0 aliphatic rings. The predicted molar refractivity (Wildman–Crippen MR) is 95.2 cm³/mol. The summed E-state index contributed by atoms with van der Waals surface area (Å²) in [5, 5.41) is 0. The van der Waals surface area contributed by atoms with Gasteiger partial charge in [-0.3, -0.25) is 9.19 Å². The highest BCUT2D eigenvalue weighted by Gasteiger charge is 2.13. The van der Waals surface area contributed by atoms with E-state index in [0.717, 1.165) is 32.9 Å². The van der Waals surface area contributed by atoms with Crippen molar-refractivity contribution in [3.8, 4) is 0 Å². The quantitative estimate of drug-likeness (QED) is 0.738. The molecule has 5 heteroatoms. The Morgan fingerprint density at radius 1 is 1.09 bits per heavy atom. The fraction of sp³-hybridized carbons (Fsp3) is 0.222. The molecule has 3 aromatic rings. The zero-order valence-corrected chi connectivity index (χ0v) is 14.3. The number of benzene rings is 2. The Bertz CT molecular complexity index is 877. The second-order valence-electron chi connectivity index (χ2n) is 5.65. The average molecular weight is 325 g/mol. The van der Waals surface area contributed by atoms with E-state index in [0.29, 0.717) is 5.75 Å². The van der Waals surface area contributed by atoms with Crippen LogP contribution in [-0.2, 0) is 16.6 Å². The molecule has 3 rings (SSSR count). The molecule has 23 heavy (non-hydrogen) atoms. The maximum Gasteiger partial charge on any atom is 0.105 e. The van der Waals surface area contributed by atoms with Gasteiger partial charge in [0.25, 0.3) is 0 Å². The molecule has 1 atom stereocenters. The molecule has 0 saturated heterocycles. The van der Waals surface area contributed by atoms with Crippen LogP contribution in [0.2, 0.25) is 0 Å². The SMILES string of the molecule is Cc1cnc2c(S(=O)Cc3ccccc3N(C)C)cccc2n1. The third-order valence-electron chi connectivity index (χ3n) is 3.66. The third-order valence-corrected chi connectivity index (χ3v) is 5.05. The van der Waals surface area contributed by atoms with Crippen LogP contribution in [0.3, 0.4) is 0 Å². The van der Waals surface area contributed by atoms with Crippen molar-refractivity contribution < 1.29 is 4.21 Å². The number of aryl methyl sites for hydroxylation is 1. The van der Waals surface area contributed by atoms with Crippen molar-refractivity contribution >= 4 is 27.5 Å². The van der Waals surface area contributed by atoms with Crippen molar-refractivity contribution in [3.63, 3.8) is 0 Å². The molecule has 1 unspecified atom stereocenters. The van der Waals surface area contributed by atoms with E-state index in [1.807, 2.05) is 68.4 Å². The van der Waals surface area contributed by atoms with Gasteiger partial charge in [-0.15, -0.1) is 0 Å². The minimum absolute atomic E-state index is 0.461. The summed E-state index contributed by atoms with van der Waals surface area (Å²) in [6, 6.07) is 13.7. The topological polar surface area (TPSA) is 46.1 Å². The van der Waals surface area contributed by atoms with Gasteiger partial charge in [-0.05, 0) is 30.7 Å². The number of fused-ring (bicyclic) bond motifs is 1. The Balaban J connectivity index is 1.99. The molecule has 1 heterocycles. The Hall–Kier alpha value is -2.27. The summed E-state index contributed by atoms with van der Waals surface area (Å²) in [4.78, 5) is 11.7. The molecular formula is C18H19N3OS. The smallest absolute Gasteiger partial charge is 0.105 e. The highest BCUT2D eigenvalue weighted by Crippen LogP contribution is 2.24. The molecule has 4 nitrogen and oxygen atoms in total. The number of para-hydroxylation sites is 2. The van der Waals surface area contributed by atoms with Gasteiger partial charge in [-0.1, -0.05) is 24.3 Å². The lowest BCUT2D eigenvalue weighted by atomic mass is 10.2. The molecular weight excluding hydrogens is 306 g/mol. The first-order chi connectivity index (χ1) is 11.1. The number of hydrogen-bond acceptors (Lipinski definition) is 4. The maximum absolute atomic E-state index is 12.9. The fourth-order valence-corrected chi connectivity index (χ4v) is 3.86. The summed E-state index contributed by atoms with van der Waals surface area (Å²) in [7, 11) is 2.82. The standard InChI is InChI=1S/C18H19N3OS/c1-13-11-19-18-15(20-13)8-6-10-17(18)23(22)12-14-7-4-5-9-16(14)21(2)3/h4-11H,12H2,1-3H3. The summed E-state index contributed by atoms with van der Waals surface area (Å²) in [6.45, 7) is 1.91. The zero-order valence-electron chi connectivity index (χ0n) is 13.5. The van der Waals surface area contributed by atoms with E-state index in [1.54, 1.807) is 6.20 Å². The molecule has 0 spiro atoms. The molecule has 0 saturated carbocycles. The van der Waals surface area contributed by atoms with E-state index in [4.69, 9.17) is 0 Å². The molecule has 1 aromatic heterocycles. The van der Waals surface area contributed by atoms with Gasteiger partial charge in [0.1, 0.15) is 5.52 Å². The van der Waals surface area contributed by atoms with Crippen molar-refractivity contribution in [1.29, 1.82) is 0 Å². The van der Waals surface area contributed by atoms with Gasteiger partial charge in [0, 0.05) is 26.0 Å². The van der Waals surface area contributed by atoms with Crippen LogP contribution in [-0.4, -0.2) is 28.3 Å². The lowest BCUT2D eigenvalue weighted by molar-refractivity contribution is 0.683. The highest BCUT2D eigenvalue weighted by molar-refractivity contribution is 7.84. The predicted octanol–water partition coefficient (Wildman–Crippen LogP) is 3.31. The average Bonchev–Trinajstić information content (AvgIpc) is 2.54. The van der Waals surface area contributed by atoms with Crippen LogP contribution in [0, 0.1) is 6.92 Å². The Morgan fingerprint density at radius 2 is 1.87 bits per heavy atom. The van der Waals surface area contributed by atoms with Crippen LogP contribution < -0.4 is 4.90 Å². The lowest BCUT2D eigenvalue weighted by Gasteiger charge is -2.17. The van der Waals surface area contributed by atoms with E-state index in [1.165, 1.54) is 0 Å². The van der Waals surface area contributed by atoms with Crippen LogP contribution in [0.25, 0.3) is 11.0 Å². The van der Waals surface area contributed by atoms with Gasteiger partial charge in [0.05, 0.1) is 32.7 Å². The second-order valence-corrected chi connectivity index (χ2v) is 7.07. The second kappa shape index (κ2) is 6.46. The van der Waals surface area contributed by atoms with Crippen molar-refractivity contribution in [1.82, 2.24) is 9.97 Å². The molecule has 0 amide bonds. The molecule has 0 aliphatic carbocycles. The molecule has 0 radical (unpaired) electrons. The number of aromatic nitrogens is 2. The fourth-order valence-electron chi connectivity index (χ4n) is 2.58. The monoisotopic (exact) mass is 325 g/mol. The summed E-state index contributed by atoms with van der Waals surface area (Å²) in [5.41, 5.74) is 4.52. The number of anilines is 1. The first-order valence-corrected chi connectivity index (χ1v) is 8.74. The zero-order chi connectivity index (χ0) is 16.4. The van der Waals surface area contributed by atoms with E-state index in [-0.39, 0.29) is 0 Å². The van der Waals surface area contributed by atoms with Crippen LogP contribution >= 0.6 is 0 Å². The van der Waals surface area contributed by atoms with Gasteiger partial charge in [-0.2, -0.15) is 0 Å². The van der Waals surface area contributed by atoms with Gasteiger partial charge in [-0.25, -0.2) is 4.98 Å². The lowest BCUT2D eigenvalue weighted by Crippen LogP contribution is -2.12. The van der Waals surface area contributed by atoms with E-state index >= 15 is 0 Å². The molecule has 0 N–H and O–H groups in total. The van der Waals surface area contributed by atoms with Crippen LogP contribution in [0.15, 0.2) is 53.6 Å². The maximum atomic E-state index is 12.9. The Kier molecular flexibility index (Phi) is 4.39. The summed E-state index contributed by atoms with van der Waals surface area (Å²) < 4.78 is 12.9. The number of nitrogens with zero attached hydrogens (tertiary/aromatic N) is 3. The minimum atomic E-state index is -1.17. The van der Waals surface area contributed by atoms with Crippen LogP contribution in [0.1, 0.15) is 11.3 Å². The number of hydrogen-bond donors (Lipinski definition) is 0. The van der Waals surface area contributed by atoms with Gasteiger partial charge in [0.2, 0.25) is 0 Å². The largest absolute Gasteiger partial charge is 0.377 e. The first kappa shape index (κ1) is 15.6. The summed E-state index contributed by atoms with van der Waals surface area (Å²) >= 11 is 0. The number of rotatable bonds is 4. The molecule has 0 fully saturated rings. The Morgan fingerprint density at radius 3 is 2.65 bits per heavy atom. The van der Waals surface area contributed by atoms with Gasteiger partial charge >= 0.3 is 0 Å². The summed E-state index contributed by atoms with van der Waals surface area (Å²) in [5.74, 6) is 0.461. The molecule has 118 valence electrons. The first-order valence-electron chi connectivity index (χ1n) is 7.42.